The number of sulfonamides is 1. The summed E-state index contributed by atoms with van der Waals surface area (Å²) in [6.07, 6.45) is 3.83. The van der Waals surface area contributed by atoms with E-state index in [4.69, 9.17) is 0 Å². The highest BCUT2D eigenvalue weighted by molar-refractivity contribution is 7.89. The summed E-state index contributed by atoms with van der Waals surface area (Å²) in [4.78, 5) is 0.404. The van der Waals surface area contributed by atoms with Gasteiger partial charge >= 0.3 is 0 Å². The second kappa shape index (κ2) is 5.76. The lowest BCUT2D eigenvalue weighted by atomic mass is 10.1. The van der Waals surface area contributed by atoms with Gasteiger partial charge in [0.2, 0.25) is 10.0 Å². The van der Waals surface area contributed by atoms with Crippen LogP contribution < -0.4 is 0 Å². The van der Waals surface area contributed by atoms with Crippen molar-refractivity contribution in [1.82, 2.24) is 8.87 Å². The zero-order chi connectivity index (χ0) is 16.7. The number of hydrogen-bond donors (Lipinski definition) is 0. The quantitative estimate of drug-likeness (QED) is 0.713. The summed E-state index contributed by atoms with van der Waals surface area (Å²) < 4.78 is 30.4. The van der Waals surface area contributed by atoms with Crippen LogP contribution in [0, 0.1) is 0 Å². The van der Waals surface area contributed by atoms with Crippen molar-refractivity contribution in [2.75, 3.05) is 0 Å². The summed E-state index contributed by atoms with van der Waals surface area (Å²) in [5.41, 5.74) is 1.01. The first kappa shape index (κ1) is 15.4. The molecule has 3 aromatic rings. The maximum Gasteiger partial charge on any atom is 0.244 e. The van der Waals surface area contributed by atoms with Gasteiger partial charge in [-0.3, -0.25) is 0 Å². The van der Waals surface area contributed by atoms with Gasteiger partial charge < -0.3 is 4.57 Å². The SMILES string of the molecule is Cn1cccc1CN(C1CC1)S(=O)(=O)c1cccc2ccccc12. The van der Waals surface area contributed by atoms with Gasteiger partial charge in [0.1, 0.15) is 0 Å². The summed E-state index contributed by atoms with van der Waals surface area (Å²) in [6, 6.07) is 17.2. The fourth-order valence-electron chi connectivity index (χ4n) is 3.14. The van der Waals surface area contributed by atoms with Crippen molar-refractivity contribution in [2.24, 2.45) is 7.05 Å². The van der Waals surface area contributed by atoms with Crippen molar-refractivity contribution in [3.63, 3.8) is 0 Å². The Bertz CT molecular complexity index is 982. The van der Waals surface area contributed by atoms with Gasteiger partial charge in [-0.25, -0.2) is 8.42 Å². The molecule has 0 radical (unpaired) electrons. The van der Waals surface area contributed by atoms with E-state index in [1.807, 2.05) is 66.3 Å². The van der Waals surface area contributed by atoms with Crippen LogP contribution in [0.2, 0.25) is 0 Å². The highest BCUT2D eigenvalue weighted by atomic mass is 32.2. The van der Waals surface area contributed by atoms with E-state index in [1.165, 1.54) is 0 Å². The van der Waals surface area contributed by atoms with Gasteiger partial charge in [0.15, 0.2) is 0 Å². The summed E-state index contributed by atoms with van der Waals surface area (Å²) >= 11 is 0. The Morgan fingerprint density at radius 2 is 1.79 bits per heavy atom. The molecule has 0 unspecified atom stereocenters. The van der Waals surface area contributed by atoms with Crippen LogP contribution in [0.5, 0.6) is 0 Å². The van der Waals surface area contributed by atoms with Crippen LogP contribution in [0.15, 0.2) is 65.7 Å². The molecule has 1 aromatic heterocycles. The zero-order valence-electron chi connectivity index (χ0n) is 13.6. The molecule has 0 saturated heterocycles. The Morgan fingerprint density at radius 1 is 1.04 bits per heavy atom. The zero-order valence-corrected chi connectivity index (χ0v) is 14.4. The van der Waals surface area contributed by atoms with Crippen molar-refractivity contribution in [1.29, 1.82) is 0 Å². The number of hydrogen-bond acceptors (Lipinski definition) is 2. The van der Waals surface area contributed by atoms with Crippen LogP contribution >= 0.6 is 0 Å². The Kier molecular flexibility index (Phi) is 3.70. The van der Waals surface area contributed by atoms with E-state index in [0.29, 0.717) is 11.4 Å². The molecule has 4 rings (SSSR count). The lowest BCUT2D eigenvalue weighted by Gasteiger charge is -2.23. The molecule has 4 nitrogen and oxygen atoms in total. The van der Waals surface area contributed by atoms with Crippen molar-refractivity contribution in [3.8, 4) is 0 Å². The van der Waals surface area contributed by atoms with Crippen LogP contribution in [0.3, 0.4) is 0 Å². The molecule has 0 spiro atoms. The van der Waals surface area contributed by atoms with Crippen molar-refractivity contribution in [3.05, 3.63) is 66.5 Å². The van der Waals surface area contributed by atoms with Gasteiger partial charge in [-0.2, -0.15) is 4.31 Å². The van der Waals surface area contributed by atoms with Crippen LogP contribution in [0.1, 0.15) is 18.5 Å². The summed E-state index contributed by atoms with van der Waals surface area (Å²) in [5.74, 6) is 0. The molecule has 1 fully saturated rings. The minimum Gasteiger partial charge on any atom is -0.353 e. The van der Waals surface area contributed by atoms with Gasteiger partial charge in [0, 0.05) is 30.4 Å². The second-order valence-electron chi connectivity index (χ2n) is 6.37. The van der Waals surface area contributed by atoms with E-state index in [-0.39, 0.29) is 6.04 Å². The number of aromatic nitrogens is 1. The molecule has 1 aliphatic carbocycles. The molecular formula is C19H20N2O2S. The third-order valence-electron chi connectivity index (χ3n) is 4.66. The molecule has 2 aromatic carbocycles. The average molecular weight is 340 g/mol. The van der Waals surface area contributed by atoms with Gasteiger partial charge in [0.05, 0.1) is 11.4 Å². The van der Waals surface area contributed by atoms with E-state index >= 15 is 0 Å². The molecule has 0 atom stereocenters. The molecule has 0 aliphatic heterocycles. The Balaban J connectivity index is 1.80. The minimum absolute atomic E-state index is 0.115. The predicted octanol–water partition coefficient (Wildman–Crippen LogP) is 3.53. The number of fused-ring (bicyclic) bond motifs is 1. The van der Waals surface area contributed by atoms with Gasteiger partial charge in [-0.05, 0) is 36.4 Å². The molecule has 1 heterocycles. The van der Waals surface area contributed by atoms with Gasteiger partial charge in [-0.15, -0.1) is 0 Å². The van der Waals surface area contributed by atoms with E-state index in [1.54, 1.807) is 10.4 Å². The maximum absolute atomic E-state index is 13.4. The Morgan fingerprint density at radius 3 is 2.50 bits per heavy atom. The standard InChI is InChI=1S/C19H20N2O2S/c1-20-13-5-8-17(20)14-21(16-11-12-16)24(22,23)19-10-4-7-15-6-2-3-9-18(15)19/h2-10,13,16H,11-12,14H2,1H3. The number of rotatable bonds is 5. The van der Waals surface area contributed by atoms with Gasteiger partial charge in [0.25, 0.3) is 0 Å². The molecule has 1 saturated carbocycles. The lowest BCUT2D eigenvalue weighted by molar-refractivity contribution is 0.391. The maximum atomic E-state index is 13.4. The van der Waals surface area contributed by atoms with Crippen LogP contribution in [-0.4, -0.2) is 23.3 Å². The third-order valence-corrected chi connectivity index (χ3v) is 6.62. The Hall–Kier alpha value is -2.11. The largest absolute Gasteiger partial charge is 0.353 e. The first-order chi connectivity index (χ1) is 11.6. The molecule has 0 amide bonds. The van der Waals surface area contributed by atoms with Crippen LogP contribution in [0.25, 0.3) is 10.8 Å². The van der Waals surface area contributed by atoms with Crippen molar-refractivity contribution >= 4 is 20.8 Å². The van der Waals surface area contributed by atoms with Crippen LogP contribution in [0.4, 0.5) is 0 Å². The molecule has 1 aliphatic rings. The van der Waals surface area contributed by atoms with Crippen molar-refractivity contribution in [2.45, 2.75) is 30.3 Å². The minimum atomic E-state index is -3.54. The topological polar surface area (TPSA) is 42.3 Å². The summed E-state index contributed by atoms with van der Waals surface area (Å²) in [7, 11) is -1.59. The van der Waals surface area contributed by atoms with E-state index in [0.717, 1.165) is 29.3 Å². The third kappa shape index (κ3) is 2.64. The van der Waals surface area contributed by atoms with Gasteiger partial charge in [-0.1, -0.05) is 36.4 Å². The first-order valence-electron chi connectivity index (χ1n) is 8.17. The second-order valence-corrected chi connectivity index (χ2v) is 8.23. The molecule has 24 heavy (non-hydrogen) atoms. The van der Waals surface area contributed by atoms with E-state index < -0.39 is 10.0 Å². The monoisotopic (exact) mass is 340 g/mol. The normalized spacial score (nSPS) is 15.2. The Labute approximate surface area is 142 Å². The highest BCUT2D eigenvalue weighted by Gasteiger charge is 2.39. The molecule has 5 heteroatoms. The number of aryl methyl sites for hydroxylation is 1. The molecular weight excluding hydrogens is 320 g/mol. The van der Waals surface area contributed by atoms with Crippen molar-refractivity contribution < 1.29 is 8.42 Å². The summed E-state index contributed by atoms with van der Waals surface area (Å²) in [5, 5.41) is 1.74. The highest BCUT2D eigenvalue weighted by Crippen LogP contribution is 2.35. The fraction of sp³-hybridized carbons (Fsp3) is 0.263. The first-order valence-corrected chi connectivity index (χ1v) is 9.61. The fourth-order valence-corrected chi connectivity index (χ4v) is 5.01. The van der Waals surface area contributed by atoms with Crippen LogP contribution in [-0.2, 0) is 23.6 Å². The number of benzene rings is 2. The molecule has 124 valence electrons. The average Bonchev–Trinajstić information content (AvgIpc) is 3.34. The predicted molar refractivity (Wildman–Crippen MR) is 95.1 cm³/mol. The van der Waals surface area contributed by atoms with E-state index in [9.17, 15) is 8.42 Å². The molecule has 0 N–H and O–H groups in total. The summed E-state index contributed by atoms with van der Waals surface area (Å²) in [6.45, 7) is 0.416. The smallest absolute Gasteiger partial charge is 0.244 e. The molecule has 0 bridgehead atoms. The lowest BCUT2D eigenvalue weighted by Crippen LogP contribution is -2.33. The number of nitrogens with zero attached hydrogens (tertiary/aromatic N) is 2. The van der Waals surface area contributed by atoms with E-state index in [2.05, 4.69) is 0 Å².